The van der Waals surface area contributed by atoms with Crippen molar-refractivity contribution in [1.29, 1.82) is 0 Å². The zero-order chi connectivity index (χ0) is 14.1. The molecular formula is C14H23NO4. The van der Waals surface area contributed by atoms with Gasteiger partial charge in [0.1, 0.15) is 0 Å². The van der Waals surface area contributed by atoms with Crippen LogP contribution in [0, 0.1) is 0 Å². The van der Waals surface area contributed by atoms with E-state index in [0.29, 0.717) is 17.2 Å². The van der Waals surface area contributed by atoms with Gasteiger partial charge in [0, 0.05) is 13.7 Å². The average Bonchev–Trinajstić information content (AvgIpc) is 2.45. The van der Waals surface area contributed by atoms with E-state index in [1.165, 1.54) is 0 Å². The zero-order valence-corrected chi connectivity index (χ0v) is 12.1. The Morgan fingerprint density at radius 3 is 2.00 bits per heavy atom. The van der Waals surface area contributed by atoms with E-state index in [2.05, 4.69) is 5.32 Å². The quantitative estimate of drug-likeness (QED) is 0.688. The highest BCUT2D eigenvalue weighted by Crippen LogP contribution is 2.38. The molecule has 108 valence electrons. The van der Waals surface area contributed by atoms with Crippen LogP contribution in [0.5, 0.6) is 17.2 Å². The summed E-state index contributed by atoms with van der Waals surface area (Å²) >= 11 is 0. The summed E-state index contributed by atoms with van der Waals surface area (Å²) in [7, 11) is 6.54. The molecular weight excluding hydrogens is 246 g/mol. The summed E-state index contributed by atoms with van der Waals surface area (Å²) in [6, 6.07) is 3.94. The molecule has 0 saturated heterocycles. The van der Waals surface area contributed by atoms with E-state index in [1.807, 2.05) is 12.1 Å². The number of ether oxygens (including phenoxy) is 4. The Kier molecular flexibility index (Phi) is 7.07. The summed E-state index contributed by atoms with van der Waals surface area (Å²) in [5.41, 5.74) is 1.14. The Morgan fingerprint density at radius 2 is 1.53 bits per heavy atom. The van der Waals surface area contributed by atoms with Crippen LogP contribution in [-0.2, 0) is 11.2 Å². The highest BCUT2D eigenvalue weighted by Gasteiger charge is 2.12. The molecule has 0 radical (unpaired) electrons. The summed E-state index contributed by atoms with van der Waals surface area (Å²) in [6.07, 6.45) is 0.889. The molecule has 1 N–H and O–H groups in total. The Labute approximate surface area is 114 Å². The lowest BCUT2D eigenvalue weighted by Crippen LogP contribution is -2.21. The second kappa shape index (κ2) is 8.61. The van der Waals surface area contributed by atoms with Gasteiger partial charge in [0.25, 0.3) is 0 Å². The molecule has 0 atom stereocenters. The normalized spacial score (nSPS) is 10.3. The van der Waals surface area contributed by atoms with Crippen molar-refractivity contribution in [3.63, 3.8) is 0 Å². The van der Waals surface area contributed by atoms with Crippen molar-refractivity contribution >= 4 is 0 Å². The molecule has 1 rings (SSSR count). The monoisotopic (exact) mass is 269 g/mol. The molecule has 0 heterocycles. The molecule has 19 heavy (non-hydrogen) atoms. The molecule has 0 aliphatic rings. The maximum atomic E-state index is 5.32. The molecule has 1 aromatic rings. The smallest absolute Gasteiger partial charge is 0.203 e. The van der Waals surface area contributed by atoms with Crippen LogP contribution < -0.4 is 19.5 Å². The van der Waals surface area contributed by atoms with Gasteiger partial charge in [-0.2, -0.15) is 0 Å². The topological polar surface area (TPSA) is 49.0 Å². The van der Waals surface area contributed by atoms with Crippen LogP contribution in [0.2, 0.25) is 0 Å². The predicted molar refractivity (Wildman–Crippen MR) is 74.5 cm³/mol. The molecule has 0 saturated carbocycles. The molecule has 0 aliphatic carbocycles. The Balaban J connectivity index is 2.68. The first-order valence-electron chi connectivity index (χ1n) is 6.25. The van der Waals surface area contributed by atoms with E-state index in [1.54, 1.807) is 28.4 Å². The zero-order valence-electron chi connectivity index (χ0n) is 12.1. The number of hydrogen-bond acceptors (Lipinski definition) is 5. The number of benzene rings is 1. The van der Waals surface area contributed by atoms with Crippen molar-refractivity contribution < 1.29 is 18.9 Å². The van der Waals surface area contributed by atoms with E-state index >= 15 is 0 Å². The van der Waals surface area contributed by atoms with Crippen LogP contribution in [0.3, 0.4) is 0 Å². The van der Waals surface area contributed by atoms with Gasteiger partial charge < -0.3 is 24.3 Å². The third-order valence-corrected chi connectivity index (χ3v) is 2.80. The lowest BCUT2D eigenvalue weighted by molar-refractivity contribution is 0.199. The van der Waals surface area contributed by atoms with Gasteiger partial charge in [-0.1, -0.05) is 0 Å². The molecule has 5 heteroatoms. The number of hydrogen-bond donors (Lipinski definition) is 1. The van der Waals surface area contributed by atoms with Gasteiger partial charge in [-0.3, -0.25) is 0 Å². The van der Waals surface area contributed by atoms with E-state index in [-0.39, 0.29) is 0 Å². The first-order valence-corrected chi connectivity index (χ1v) is 6.25. The minimum atomic E-state index is 0.626. The summed E-state index contributed by atoms with van der Waals surface area (Å²) in [5, 5.41) is 3.30. The van der Waals surface area contributed by atoms with Crippen LogP contribution in [0.4, 0.5) is 0 Å². The predicted octanol–water partition coefficient (Wildman–Crippen LogP) is 1.49. The summed E-state index contributed by atoms with van der Waals surface area (Å²) in [5.74, 6) is 2.00. The highest BCUT2D eigenvalue weighted by atomic mass is 16.5. The Bertz CT molecular complexity index is 357. The van der Waals surface area contributed by atoms with Gasteiger partial charge in [0.15, 0.2) is 11.5 Å². The van der Waals surface area contributed by atoms with Crippen molar-refractivity contribution in [1.82, 2.24) is 5.32 Å². The number of methoxy groups -OCH3 is 4. The van der Waals surface area contributed by atoms with Crippen LogP contribution in [0.15, 0.2) is 12.1 Å². The average molecular weight is 269 g/mol. The van der Waals surface area contributed by atoms with E-state index in [4.69, 9.17) is 18.9 Å². The fraction of sp³-hybridized carbons (Fsp3) is 0.571. The summed E-state index contributed by atoms with van der Waals surface area (Å²) in [6.45, 7) is 2.44. The third kappa shape index (κ3) is 4.61. The maximum Gasteiger partial charge on any atom is 0.203 e. The molecule has 0 unspecified atom stereocenters. The highest BCUT2D eigenvalue weighted by molar-refractivity contribution is 5.53. The van der Waals surface area contributed by atoms with Gasteiger partial charge in [-0.05, 0) is 30.7 Å². The second-order valence-corrected chi connectivity index (χ2v) is 4.03. The molecule has 0 spiro atoms. The third-order valence-electron chi connectivity index (χ3n) is 2.80. The second-order valence-electron chi connectivity index (χ2n) is 4.03. The van der Waals surface area contributed by atoms with Crippen molar-refractivity contribution in [3.8, 4) is 17.2 Å². The summed E-state index contributed by atoms with van der Waals surface area (Å²) in [4.78, 5) is 0. The lowest BCUT2D eigenvalue weighted by Gasteiger charge is -2.14. The molecule has 0 aliphatic heterocycles. The SMILES string of the molecule is COCCNCCc1cc(OC)c(OC)c(OC)c1. The number of rotatable bonds is 9. The van der Waals surface area contributed by atoms with Crippen LogP contribution in [-0.4, -0.2) is 48.1 Å². The fourth-order valence-corrected chi connectivity index (χ4v) is 1.81. The van der Waals surface area contributed by atoms with Crippen molar-refractivity contribution in [2.24, 2.45) is 0 Å². The van der Waals surface area contributed by atoms with E-state index < -0.39 is 0 Å². The molecule has 0 fully saturated rings. The van der Waals surface area contributed by atoms with Gasteiger partial charge in [-0.15, -0.1) is 0 Å². The van der Waals surface area contributed by atoms with Crippen molar-refractivity contribution in [2.75, 3.05) is 48.1 Å². The molecule has 0 aromatic heterocycles. The largest absolute Gasteiger partial charge is 0.493 e. The fourth-order valence-electron chi connectivity index (χ4n) is 1.81. The van der Waals surface area contributed by atoms with Crippen LogP contribution >= 0.6 is 0 Å². The molecule has 1 aromatic carbocycles. The van der Waals surface area contributed by atoms with Gasteiger partial charge >= 0.3 is 0 Å². The van der Waals surface area contributed by atoms with Crippen molar-refractivity contribution in [3.05, 3.63) is 17.7 Å². The van der Waals surface area contributed by atoms with Crippen molar-refractivity contribution in [2.45, 2.75) is 6.42 Å². The maximum absolute atomic E-state index is 5.32. The molecule has 5 nitrogen and oxygen atoms in total. The Morgan fingerprint density at radius 1 is 0.895 bits per heavy atom. The summed E-state index contributed by atoms with van der Waals surface area (Å²) < 4.78 is 20.9. The minimum absolute atomic E-state index is 0.626. The Hall–Kier alpha value is -1.46. The minimum Gasteiger partial charge on any atom is -0.493 e. The lowest BCUT2D eigenvalue weighted by atomic mass is 10.1. The number of nitrogens with one attached hydrogen (secondary N) is 1. The van der Waals surface area contributed by atoms with Crippen LogP contribution in [0.1, 0.15) is 5.56 Å². The molecule has 0 amide bonds. The van der Waals surface area contributed by atoms with Gasteiger partial charge in [0.05, 0.1) is 27.9 Å². The van der Waals surface area contributed by atoms with E-state index in [0.717, 1.165) is 31.7 Å². The first kappa shape index (κ1) is 15.6. The van der Waals surface area contributed by atoms with E-state index in [9.17, 15) is 0 Å². The van der Waals surface area contributed by atoms with Crippen LogP contribution in [0.25, 0.3) is 0 Å². The van der Waals surface area contributed by atoms with Gasteiger partial charge in [-0.25, -0.2) is 0 Å². The standard InChI is InChI=1S/C14H23NO4/c1-16-8-7-15-6-5-11-9-12(17-2)14(19-4)13(10-11)18-3/h9-10,15H,5-8H2,1-4H3. The first-order chi connectivity index (χ1) is 9.26. The van der Waals surface area contributed by atoms with Gasteiger partial charge in [0.2, 0.25) is 5.75 Å². The molecule has 0 bridgehead atoms.